The van der Waals surface area contributed by atoms with Crippen molar-refractivity contribution in [3.8, 4) is 0 Å². The van der Waals surface area contributed by atoms with Gasteiger partial charge in [-0.15, -0.1) is 13.2 Å². The lowest BCUT2D eigenvalue weighted by molar-refractivity contribution is -0.224. The Hall–Kier alpha value is -1.54. The number of hydrogen-bond donors (Lipinski definition) is 1. The minimum atomic E-state index is -0.965. The fraction of sp³-hybridized carbons (Fsp3) is 0.600. The molecule has 2 unspecified atom stereocenters. The third-order valence-corrected chi connectivity index (χ3v) is 5.49. The van der Waals surface area contributed by atoms with E-state index in [4.69, 9.17) is 23.7 Å². The summed E-state index contributed by atoms with van der Waals surface area (Å²) in [5.74, 6) is -0.965. The highest BCUT2D eigenvalue weighted by Crippen LogP contribution is 2.35. The van der Waals surface area contributed by atoms with Crippen molar-refractivity contribution in [1.82, 2.24) is 0 Å². The summed E-state index contributed by atoms with van der Waals surface area (Å²) in [5, 5.41) is 10.2. The molecule has 0 aliphatic carbocycles. The third-order valence-electron chi connectivity index (χ3n) is 5.49. The van der Waals surface area contributed by atoms with E-state index in [0.29, 0.717) is 25.9 Å². The van der Waals surface area contributed by atoms with Gasteiger partial charge in [-0.25, -0.2) is 0 Å². The van der Waals surface area contributed by atoms with Crippen molar-refractivity contribution in [3.63, 3.8) is 0 Å². The zero-order chi connectivity index (χ0) is 23.1. The molecule has 31 heavy (non-hydrogen) atoms. The Morgan fingerprint density at radius 1 is 0.935 bits per heavy atom. The van der Waals surface area contributed by atoms with Crippen molar-refractivity contribution in [3.05, 3.63) is 60.7 Å². The van der Waals surface area contributed by atoms with Crippen molar-refractivity contribution in [1.29, 1.82) is 0 Å². The monoisotopic (exact) mass is 436 g/mol. The summed E-state index contributed by atoms with van der Waals surface area (Å²) in [6, 6.07) is 7.92. The highest BCUT2D eigenvalue weighted by molar-refractivity contribution is 5.31. The number of methoxy groups -OCH3 is 4. The Labute approximate surface area is 187 Å². The van der Waals surface area contributed by atoms with Gasteiger partial charge in [-0.1, -0.05) is 36.4 Å². The number of benzene rings is 1. The molecule has 1 aromatic rings. The Morgan fingerprint density at radius 2 is 1.58 bits per heavy atom. The first-order chi connectivity index (χ1) is 15.0. The van der Waals surface area contributed by atoms with E-state index in [1.165, 1.54) is 0 Å². The lowest BCUT2D eigenvalue weighted by Crippen LogP contribution is -2.33. The molecule has 0 saturated carbocycles. The summed E-state index contributed by atoms with van der Waals surface area (Å²) in [7, 11) is 6.51. The van der Waals surface area contributed by atoms with Crippen LogP contribution in [-0.4, -0.2) is 52.0 Å². The van der Waals surface area contributed by atoms with E-state index in [1.54, 1.807) is 34.5 Å². The second-order valence-corrected chi connectivity index (χ2v) is 7.47. The second-order valence-electron chi connectivity index (χ2n) is 7.47. The summed E-state index contributed by atoms with van der Waals surface area (Å²) >= 11 is 0. The SMILES string of the molecule is C=CCC(O)CCC(OC)(OC)c1ccccc1COC(CC=C)CCC(OC)OC. The molecule has 0 saturated heterocycles. The van der Waals surface area contributed by atoms with Crippen LogP contribution >= 0.6 is 0 Å². The van der Waals surface area contributed by atoms with E-state index in [2.05, 4.69) is 13.2 Å². The van der Waals surface area contributed by atoms with Crippen molar-refractivity contribution in [2.75, 3.05) is 28.4 Å². The maximum atomic E-state index is 10.2. The fourth-order valence-corrected chi connectivity index (χ4v) is 3.64. The van der Waals surface area contributed by atoms with Gasteiger partial charge in [0.15, 0.2) is 12.1 Å². The maximum Gasteiger partial charge on any atom is 0.194 e. The van der Waals surface area contributed by atoms with Crippen LogP contribution in [0.15, 0.2) is 49.6 Å². The molecule has 0 amide bonds. The largest absolute Gasteiger partial charge is 0.393 e. The molecule has 1 rings (SSSR count). The highest BCUT2D eigenvalue weighted by Gasteiger charge is 2.34. The highest BCUT2D eigenvalue weighted by atomic mass is 16.7. The van der Waals surface area contributed by atoms with E-state index in [1.807, 2.05) is 30.3 Å². The molecule has 0 radical (unpaired) electrons. The first-order valence-corrected chi connectivity index (χ1v) is 10.8. The van der Waals surface area contributed by atoms with E-state index < -0.39 is 11.9 Å². The van der Waals surface area contributed by atoms with Gasteiger partial charge in [-0.2, -0.15) is 0 Å². The Kier molecular flexibility index (Phi) is 13.6. The zero-order valence-electron chi connectivity index (χ0n) is 19.5. The Bertz CT molecular complexity index is 624. The van der Waals surface area contributed by atoms with Crippen LogP contribution in [0.5, 0.6) is 0 Å². The number of aliphatic hydroxyl groups is 1. The van der Waals surface area contributed by atoms with Gasteiger partial charge in [-0.05, 0) is 31.2 Å². The average molecular weight is 437 g/mol. The van der Waals surface area contributed by atoms with Crippen molar-refractivity contribution in [2.24, 2.45) is 0 Å². The molecular formula is C25H40O6. The van der Waals surface area contributed by atoms with E-state index >= 15 is 0 Å². The summed E-state index contributed by atoms with van der Waals surface area (Å²) in [4.78, 5) is 0. The molecule has 2 atom stereocenters. The quantitative estimate of drug-likeness (QED) is 0.266. The number of hydrogen-bond acceptors (Lipinski definition) is 6. The van der Waals surface area contributed by atoms with Crippen LogP contribution in [0.2, 0.25) is 0 Å². The molecule has 0 aromatic heterocycles. The van der Waals surface area contributed by atoms with Crippen LogP contribution < -0.4 is 0 Å². The minimum Gasteiger partial charge on any atom is -0.393 e. The van der Waals surface area contributed by atoms with Gasteiger partial charge >= 0.3 is 0 Å². The predicted molar refractivity (Wildman–Crippen MR) is 123 cm³/mol. The summed E-state index contributed by atoms with van der Waals surface area (Å²) in [6.07, 6.45) is 6.64. The Balaban J connectivity index is 2.95. The van der Waals surface area contributed by atoms with Gasteiger partial charge in [0.05, 0.1) is 18.8 Å². The molecule has 0 bridgehead atoms. The van der Waals surface area contributed by atoms with Crippen molar-refractivity contribution < 1.29 is 28.8 Å². The van der Waals surface area contributed by atoms with Crippen LogP contribution in [-0.2, 0) is 36.1 Å². The summed E-state index contributed by atoms with van der Waals surface area (Å²) in [6.45, 7) is 7.94. The standard InChI is InChI=1S/C25H40O6/c1-7-11-21(26)17-18-25(29-5,30-6)23-14-10-9-13-20(23)19-31-22(12-8-2)15-16-24(27-3)28-4/h7-10,13-14,21-22,24,26H,1-2,11-12,15-19H2,3-6H3. The van der Waals surface area contributed by atoms with Crippen LogP contribution in [0.1, 0.15) is 49.7 Å². The lowest BCUT2D eigenvalue weighted by atomic mass is 9.93. The van der Waals surface area contributed by atoms with Gasteiger partial charge in [0.2, 0.25) is 0 Å². The van der Waals surface area contributed by atoms with Crippen LogP contribution in [0, 0.1) is 0 Å². The zero-order valence-corrected chi connectivity index (χ0v) is 19.5. The van der Waals surface area contributed by atoms with Crippen LogP contribution in [0.25, 0.3) is 0 Å². The molecule has 0 heterocycles. The molecule has 176 valence electrons. The topological polar surface area (TPSA) is 66.4 Å². The fourth-order valence-electron chi connectivity index (χ4n) is 3.64. The van der Waals surface area contributed by atoms with Gasteiger partial charge < -0.3 is 28.8 Å². The maximum absolute atomic E-state index is 10.2. The lowest BCUT2D eigenvalue weighted by Gasteiger charge is -2.34. The smallest absolute Gasteiger partial charge is 0.194 e. The number of rotatable bonds is 18. The van der Waals surface area contributed by atoms with Crippen molar-refractivity contribution >= 4 is 0 Å². The van der Waals surface area contributed by atoms with Crippen LogP contribution in [0.3, 0.4) is 0 Å². The first-order valence-electron chi connectivity index (χ1n) is 10.8. The molecule has 0 fully saturated rings. The van der Waals surface area contributed by atoms with Gasteiger partial charge in [0.25, 0.3) is 0 Å². The normalized spacial score (nSPS) is 13.9. The molecular weight excluding hydrogens is 396 g/mol. The van der Waals surface area contributed by atoms with Crippen LogP contribution in [0.4, 0.5) is 0 Å². The number of aliphatic hydroxyl groups excluding tert-OH is 1. The third kappa shape index (κ3) is 8.85. The molecule has 1 N–H and O–H groups in total. The molecule has 6 heteroatoms. The van der Waals surface area contributed by atoms with Gasteiger partial charge in [0, 0.05) is 46.8 Å². The van der Waals surface area contributed by atoms with E-state index in [-0.39, 0.29) is 12.4 Å². The van der Waals surface area contributed by atoms with E-state index in [9.17, 15) is 5.11 Å². The predicted octanol–water partition coefficient (Wildman–Crippen LogP) is 4.71. The number of ether oxygens (including phenoxy) is 5. The Morgan fingerprint density at radius 3 is 2.16 bits per heavy atom. The molecule has 6 nitrogen and oxygen atoms in total. The van der Waals surface area contributed by atoms with Gasteiger partial charge in [0.1, 0.15) is 0 Å². The summed E-state index contributed by atoms with van der Waals surface area (Å²) in [5.41, 5.74) is 1.88. The molecule has 0 aliphatic heterocycles. The van der Waals surface area contributed by atoms with E-state index in [0.717, 1.165) is 30.4 Å². The average Bonchev–Trinajstić information content (AvgIpc) is 2.79. The second kappa shape index (κ2) is 15.3. The van der Waals surface area contributed by atoms with Gasteiger partial charge in [-0.3, -0.25) is 0 Å². The first kappa shape index (κ1) is 27.5. The minimum absolute atomic E-state index is 0.00717. The molecule has 0 aliphatic rings. The van der Waals surface area contributed by atoms with Crippen molar-refractivity contribution in [2.45, 2.75) is 69.4 Å². The molecule has 0 spiro atoms. The molecule has 1 aromatic carbocycles. The summed E-state index contributed by atoms with van der Waals surface area (Å²) < 4.78 is 28.5.